The summed E-state index contributed by atoms with van der Waals surface area (Å²) in [6.07, 6.45) is 0. The molecule has 9 rings (SSSR count). The molecule has 56 heavy (non-hydrogen) atoms. The van der Waals surface area contributed by atoms with Gasteiger partial charge in [-0.25, -0.2) is 0 Å². The quantitative estimate of drug-likeness (QED) is 0.140. The third-order valence-corrected chi connectivity index (χ3v) is 9.74. The van der Waals surface area contributed by atoms with Crippen LogP contribution in [0.2, 0.25) is 0 Å². The van der Waals surface area contributed by atoms with Gasteiger partial charge in [-0.3, -0.25) is 0 Å². The van der Waals surface area contributed by atoms with Crippen LogP contribution in [0.1, 0.15) is 0 Å². The average Bonchev–Trinajstić information content (AvgIpc) is 3.29. The molecule has 8 aromatic carbocycles. The molecular formula is C50H36N6. The number of aromatic nitrogens is 4. The van der Waals surface area contributed by atoms with Crippen LogP contribution in [0.4, 0.5) is 34.1 Å². The van der Waals surface area contributed by atoms with Crippen molar-refractivity contribution < 1.29 is 0 Å². The molecule has 0 N–H and O–H groups in total. The van der Waals surface area contributed by atoms with Gasteiger partial charge in [0.15, 0.2) is 0 Å². The van der Waals surface area contributed by atoms with Crippen molar-refractivity contribution in [3.63, 3.8) is 0 Å². The van der Waals surface area contributed by atoms with Gasteiger partial charge >= 0.3 is 0 Å². The Balaban J connectivity index is 0.878. The number of benzene rings is 8. The number of hydrogen-bond acceptors (Lipinski definition) is 6. The first-order valence-electron chi connectivity index (χ1n) is 18.6. The van der Waals surface area contributed by atoms with E-state index < -0.39 is 0 Å². The molecule has 6 nitrogen and oxygen atoms in total. The maximum atomic E-state index is 4.44. The minimum atomic E-state index is 0.480. The second kappa shape index (κ2) is 15.7. The van der Waals surface area contributed by atoms with Crippen LogP contribution in [0.5, 0.6) is 0 Å². The Kier molecular flexibility index (Phi) is 9.57. The van der Waals surface area contributed by atoms with Crippen molar-refractivity contribution in [3.05, 3.63) is 218 Å². The van der Waals surface area contributed by atoms with E-state index >= 15 is 0 Å². The highest BCUT2D eigenvalue weighted by Crippen LogP contribution is 2.37. The van der Waals surface area contributed by atoms with Crippen LogP contribution >= 0.6 is 0 Å². The van der Waals surface area contributed by atoms with Crippen LogP contribution in [-0.4, -0.2) is 20.4 Å². The molecule has 6 heteroatoms. The summed E-state index contributed by atoms with van der Waals surface area (Å²) in [6.45, 7) is 0. The van der Waals surface area contributed by atoms with Gasteiger partial charge in [-0.1, -0.05) is 146 Å². The third kappa shape index (κ3) is 7.27. The minimum absolute atomic E-state index is 0.480. The Morgan fingerprint density at radius 3 is 0.643 bits per heavy atom. The van der Waals surface area contributed by atoms with E-state index in [4.69, 9.17) is 0 Å². The summed E-state index contributed by atoms with van der Waals surface area (Å²) in [5, 5.41) is 17.8. The maximum absolute atomic E-state index is 4.44. The van der Waals surface area contributed by atoms with Gasteiger partial charge in [0.25, 0.3) is 0 Å². The van der Waals surface area contributed by atoms with Crippen LogP contribution in [-0.2, 0) is 0 Å². The van der Waals surface area contributed by atoms with Gasteiger partial charge in [-0.05, 0) is 95.1 Å². The van der Waals surface area contributed by atoms with E-state index in [9.17, 15) is 0 Å². The first kappa shape index (κ1) is 34.1. The minimum Gasteiger partial charge on any atom is -0.311 e. The molecule has 0 atom stereocenters. The molecule has 0 aliphatic rings. The molecule has 266 valence electrons. The summed E-state index contributed by atoms with van der Waals surface area (Å²) in [5.41, 5.74) is 12.8. The SMILES string of the molecule is c1ccc(N(c2ccccc2)c2ccc(-c3ccc(-c4nnc(-c5ccc(-c6ccc(N(c7ccccc7)c7ccccc7)cc6)cc5)nn4)cc3)cc2)cc1. The van der Waals surface area contributed by atoms with Crippen molar-refractivity contribution in [1.29, 1.82) is 0 Å². The molecule has 9 aromatic rings. The van der Waals surface area contributed by atoms with Crippen LogP contribution in [0.15, 0.2) is 218 Å². The third-order valence-electron chi connectivity index (χ3n) is 9.74. The second-order valence-electron chi connectivity index (χ2n) is 13.3. The van der Waals surface area contributed by atoms with Gasteiger partial charge in [0.2, 0.25) is 11.6 Å². The average molecular weight is 721 g/mol. The zero-order valence-electron chi connectivity index (χ0n) is 30.5. The highest BCUT2D eigenvalue weighted by molar-refractivity contribution is 5.80. The van der Waals surface area contributed by atoms with E-state index in [0.717, 1.165) is 67.5 Å². The van der Waals surface area contributed by atoms with Crippen molar-refractivity contribution in [2.75, 3.05) is 9.80 Å². The van der Waals surface area contributed by atoms with E-state index in [-0.39, 0.29) is 0 Å². The monoisotopic (exact) mass is 720 g/mol. The topological polar surface area (TPSA) is 58.0 Å². The lowest BCUT2D eigenvalue weighted by atomic mass is 10.0. The predicted octanol–water partition coefficient (Wildman–Crippen LogP) is 12.9. The van der Waals surface area contributed by atoms with Gasteiger partial charge in [-0.2, -0.15) is 0 Å². The van der Waals surface area contributed by atoms with Crippen LogP contribution in [0.3, 0.4) is 0 Å². The molecule has 0 spiro atoms. The number of anilines is 6. The molecule has 0 aliphatic carbocycles. The summed E-state index contributed by atoms with van der Waals surface area (Å²) in [4.78, 5) is 4.51. The van der Waals surface area contributed by atoms with Gasteiger partial charge in [-0.15, -0.1) is 20.4 Å². The lowest BCUT2D eigenvalue weighted by molar-refractivity contribution is 0.876. The van der Waals surface area contributed by atoms with Crippen molar-refractivity contribution in [1.82, 2.24) is 20.4 Å². The Morgan fingerprint density at radius 1 is 0.196 bits per heavy atom. The smallest absolute Gasteiger partial charge is 0.203 e. The van der Waals surface area contributed by atoms with Crippen LogP contribution < -0.4 is 9.80 Å². The Labute approximate surface area is 326 Å². The lowest BCUT2D eigenvalue weighted by Crippen LogP contribution is -2.09. The van der Waals surface area contributed by atoms with E-state index in [1.807, 2.05) is 48.5 Å². The van der Waals surface area contributed by atoms with Gasteiger partial charge in [0, 0.05) is 45.3 Å². The van der Waals surface area contributed by atoms with E-state index in [2.05, 4.69) is 200 Å². The standard InChI is InChI=1S/C50H36N6/c1-5-13-43(14-6-1)55(44-15-7-2-8-16-44)47-33-29-39(30-34-47)37-21-25-41(26-22-37)49-51-53-50(54-52-49)42-27-23-38(24-28-42)40-31-35-48(36-32-40)56(45-17-9-3-10-18-45)46-19-11-4-12-20-46/h1-36H. The van der Waals surface area contributed by atoms with E-state index in [1.165, 1.54) is 0 Å². The molecule has 0 radical (unpaired) electrons. The Bertz CT molecular complexity index is 2350. The summed E-state index contributed by atoms with van der Waals surface area (Å²) < 4.78 is 0. The predicted molar refractivity (Wildman–Crippen MR) is 229 cm³/mol. The molecule has 1 heterocycles. The summed E-state index contributed by atoms with van der Waals surface area (Å²) in [5.74, 6) is 0.961. The number of rotatable bonds is 10. The molecule has 0 amide bonds. The normalized spacial score (nSPS) is 10.9. The molecule has 1 aromatic heterocycles. The highest BCUT2D eigenvalue weighted by atomic mass is 15.3. The van der Waals surface area contributed by atoms with Crippen LogP contribution in [0.25, 0.3) is 45.0 Å². The summed E-state index contributed by atoms with van der Waals surface area (Å²) in [6, 6.07) is 75.3. The summed E-state index contributed by atoms with van der Waals surface area (Å²) in [7, 11) is 0. The molecule has 0 bridgehead atoms. The van der Waals surface area contributed by atoms with E-state index in [1.54, 1.807) is 0 Å². The second-order valence-corrected chi connectivity index (χ2v) is 13.3. The van der Waals surface area contributed by atoms with Gasteiger partial charge in [0.05, 0.1) is 0 Å². The molecule has 0 fully saturated rings. The fraction of sp³-hybridized carbons (Fsp3) is 0. The molecule has 0 saturated carbocycles. The molecule has 0 aliphatic heterocycles. The molecule has 0 unspecified atom stereocenters. The van der Waals surface area contributed by atoms with Crippen molar-refractivity contribution in [3.8, 4) is 45.0 Å². The maximum Gasteiger partial charge on any atom is 0.203 e. The first-order chi connectivity index (χ1) is 27.8. The lowest BCUT2D eigenvalue weighted by Gasteiger charge is -2.25. The van der Waals surface area contributed by atoms with Gasteiger partial charge in [0.1, 0.15) is 0 Å². The zero-order valence-corrected chi connectivity index (χ0v) is 30.5. The number of hydrogen-bond donors (Lipinski definition) is 0. The Hall–Kier alpha value is -7.70. The largest absolute Gasteiger partial charge is 0.311 e. The fourth-order valence-electron chi connectivity index (χ4n) is 6.89. The van der Waals surface area contributed by atoms with Crippen molar-refractivity contribution in [2.45, 2.75) is 0 Å². The van der Waals surface area contributed by atoms with E-state index in [0.29, 0.717) is 11.6 Å². The molecular weight excluding hydrogens is 685 g/mol. The first-order valence-corrected chi connectivity index (χ1v) is 18.6. The van der Waals surface area contributed by atoms with Crippen LogP contribution in [0, 0.1) is 0 Å². The summed E-state index contributed by atoms with van der Waals surface area (Å²) >= 11 is 0. The molecule has 0 saturated heterocycles. The van der Waals surface area contributed by atoms with Crippen molar-refractivity contribution in [2.24, 2.45) is 0 Å². The number of para-hydroxylation sites is 4. The highest BCUT2D eigenvalue weighted by Gasteiger charge is 2.14. The fourth-order valence-corrected chi connectivity index (χ4v) is 6.89. The van der Waals surface area contributed by atoms with Gasteiger partial charge < -0.3 is 9.80 Å². The zero-order chi connectivity index (χ0) is 37.5. The number of nitrogens with zero attached hydrogens (tertiary/aromatic N) is 6. The Morgan fingerprint density at radius 2 is 0.393 bits per heavy atom. The van der Waals surface area contributed by atoms with Crippen molar-refractivity contribution >= 4 is 34.1 Å².